The molecule has 0 bridgehead atoms. The number of piperazine rings is 1. The van der Waals surface area contributed by atoms with Crippen LogP contribution in [0.5, 0.6) is 0 Å². The molecule has 4 nitrogen and oxygen atoms in total. The molecule has 0 aromatic heterocycles. The van der Waals surface area contributed by atoms with Gasteiger partial charge in [-0.3, -0.25) is 0 Å². The first kappa shape index (κ1) is 10.3. The van der Waals surface area contributed by atoms with Crippen LogP contribution in [0.1, 0.15) is 0 Å². The smallest absolute Gasteiger partial charge is 0.0510 e. The van der Waals surface area contributed by atoms with Crippen molar-refractivity contribution in [3.63, 3.8) is 0 Å². The maximum Gasteiger partial charge on any atom is 0.0510 e. The van der Waals surface area contributed by atoms with Gasteiger partial charge in [-0.2, -0.15) is 0 Å². The van der Waals surface area contributed by atoms with E-state index in [1.165, 1.54) is 0 Å². The van der Waals surface area contributed by atoms with Crippen LogP contribution >= 0.6 is 0 Å². The average molecular weight is 206 g/mol. The fourth-order valence-corrected chi connectivity index (χ4v) is 1.71. The van der Waals surface area contributed by atoms with E-state index < -0.39 is 0 Å². The fraction of sp³-hybridized carbons (Fsp3) is 0.455. The molecule has 15 heavy (non-hydrogen) atoms. The van der Waals surface area contributed by atoms with E-state index in [9.17, 15) is 0 Å². The van der Waals surface area contributed by atoms with Gasteiger partial charge >= 0.3 is 0 Å². The van der Waals surface area contributed by atoms with Crippen molar-refractivity contribution in [1.82, 2.24) is 9.91 Å². The first-order valence-electron chi connectivity index (χ1n) is 5.30. The zero-order valence-corrected chi connectivity index (χ0v) is 9.11. The van der Waals surface area contributed by atoms with Crippen LogP contribution in [0.3, 0.4) is 0 Å². The molecular formula is C11H18N4. The molecule has 1 fully saturated rings. The van der Waals surface area contributed by atoms with Gasteiger partial charge in [0.2, 0.25) is 0 Å². The maximum absolute atomic E-state index is 5.72. The summed E-state index contributed by atoms with van der Waals surface area (Å²) in [6, 6.07) is 7.86. The van der Waals surface area contributed by atoms with Crippen LogP contribution < -0.4 is 11.2 Å². The SMILES string of the molecule is CN1CCN(Nc2cccc(N)c2)CC1. The van der Waals surface area contributed by atoms with E-state index in [4.69, 9.17) is 5.73 Å². The lowest BCUT2D eigenvalue weighted by Gasteiger charge is -2.33. The quantitative estimate of drug-likeness (QED) is 0.704. The largest absolute Gasteiger partial charge is 0.399 e. The Bertz CT molecular complexity index is 318. The third kappa shape index (κ3) is 2.84. The van der Waals surface area contributed by atoms with Gasteiger partial charge in [-0.1, -0.05) is 6.07 Å². The zero-order chi connectivity index (χ0) is 10.7. The van der Waals surface area contributed by atoms with E-state index in [1.807, 2.05) is 24.3 Å². The third-order valence-electron chi connectivity index (χ3n) is 2.68. The first-order valence-corrected chi connectivity index (χ1v) is 5.30. The zero-order valence-electron chi connectivity index (χ0n) is 9.11. The minimum atomic E-state index is 0.800. The first-order chi connectivity index (χ1) is 7.24. The van der Waals surface area contributed by atoms with Crippen molar-refractivity contribution in [3.8, 4) is 0 Å². The predicted octanol–water partition coefficient (Wildman–Crippen LogP) is 0.843. The number of nitrogen functional groups attached to an aromatic ring is 1. The highest BCUT2D eigenvalue weighted by molar-refractivity contribution is 5.53. The molecular weight excluding hydrogens is 188 g/mol. The maximum atomic E-state index is 5.72. The molecule has 0 saturated carbocycles. The van der Waals surface area contributed by atoms with Crippen LogP contribution in [-0.4, -0.2) is 43.1 Å². The number of hydrogen-bond acceptors (Lipinski definition) is 4. The fourth-order valence-electron chi connectivity index (χ4n) is 1.71. The molecule has 3 N–H and O–H groups in total. The summed E-state index contributed by atoms with van der Waals surface area (Å²) >= 11 is 0. The number of nitrogens with zero attached hydrogens (tertiary/aromatic N) is 2. The molecule has 1 aromatic carbocycles. The molecule has 1 aliphatic rings. The molecule has 0 radical (unpaired) electrons. The molecule has 1 aromatic rings. The van der Waals surface area contributed by atoms with Crippen molar-refractivity contribution in [2.45, 2.75) is 0 Å². The van der Waals surface area contributed by atoms with Gasteiger partial charge in [0, 0.05) is 31.9 Å². The second-order valence-corrected chi connectivity index (χ2v) is 4.03. The molecule has 1 aliphatic heterocycles. The monoisotopic (exact) mass is 206 g/mol. The van der Waals surface area contributed by atoms with Gasteiger partial charge in [0.25, 0.3) is 0 Å². The highest BCUT2D eigenvalue weighted by Crippen LogP contribution is 2.13. The van der Waals surface area contributed by atoms with E-state index in [-0.39, 0.29) is 0 Å². The Labute approximate surface area is 90.6 Å². The summed E-state index contributed by atoms with van der Waals surface area (Å²) < 4.78 is 0. The van der Waals surface area contributed by atoms with Gasteiger partial charge in [0.15, 0.2) is 0 Å². The molecule has 0 atom stereocenters. The van der Waals surface area contributed by atoms with Gasteiger partial charge in [-0.25, -0.2) is 5.01 Å². The highest BCUT2D eigenvalue weighted by atomic mass is 15.5. The highest BCUT2D eigenvalue weighted by Gasteiger charge is 2.12. The second kappa shape index (κ2) is 4.51. The lowest BCUT2D eigenvalue weighted by molar-refractivity contribution is 0.179. The number of nitrogens with two attached hydrogens (primary N) is 1. The summed E-state index contributed by atoms with van der Waals surface area (Å²) in [7, 11) is 2.15. The topological polar surface area (TPSA) is 44.5 Å². The van der Waals surface area contributed by atoms with E-state index >= 15 is 0 Å². The van der Waals surface area contributed by atoms with Crippen LogP contribution in [0.15, 0.2) is 24.3 Å². The molecule has 0 aliphatic carbocycles. The molecule has 0 amide bonds. The lowest BCUT2D eigenvalue weighted by Crippen LogP contribution is -2.46. The summed E-state index contributed by atoms with van der Waals surface area (Å²) in [6.07, 6.45) is 0. The van der Waals surface area contributed by atoms with Crippen LogP contribution in [0, 0.1) is 0 Å². The summed E-state index contributed by atoms with van der Waals surface area (Å²) in [5.74, 6) is 0. The number of nitrogens with one attached hydrogen (secondary N) is 1. The van der Waals surface area contributed by atoms with Gasteiger partial charge in [-0.05, 0) is 25.2 Å². The van der Waals surface area contributed by atoms with Crippen molar-refractivity contribution in [2.75, 3.05) is 44.4 Å². The number of anilines is 2. The van der Waals surface area contributed by atoms with Crippen molar-refractivity contribution >= 4 is 11.4 Å². The predicted molar refractivity (Wildman–Crippen MR) is 63.5 cm³/mol. The number of hydrazine groups is 1. The van der Waals surface area contributed by atoms with E-state index in [0.717, 1.165) is 37.6 Å². The molecule has 2 rings (SSSR count). The molecule has 0 unspecified atom stereocenters. The summed E-state index contributed by atoms with van der Waals surface area (Å²) in [5.41, 5.74) is 11.0. The molecule has 82 valence electrons. The standard InChI is InChI=1S/C11H18N4/c1-14-5-7-15(8-6-14)13-11-4-2-3-10(12)9-11/h2-4,9,13H,5-8,12H2,1H3. The van der Waals surface area contributed by atoms with Crippen LogP contribution in [0.2, 0.25) is 0 Å². The number of benzene rings is 1. The van der Waals surface area contributed by atoms with Crippen LogP contribution in [0.4, 0.5) is 11.4 Å². The Hall–Kier alpha value is -1.26. The second-order valence-electron chi connectivity index (χ2n) is 4.03. The van der Waals surface area contributed by atoms with Gasteiger partial charge in [0.05, 0.1) is 5.69 Å². The summed E-state index contributed by atoms with van der Waals surface area (Å²) in [6.45, 7) is 4.31. The third-order valence-corrected chi connectivity index (χ3v) is 2.68. The number of rotatable bonds is 2. The Balaban J connectivity index is 1.92. The van der Waals surface area contributed by atoms with Gasteiger partial charge in [-0.15, -0.1) is 0 Å². The van der Waals surface area contributed by atoms with Crippen LogP contribution in [-0.2, 0) is 0 Å². The lowest BCUT2D eigenvalue weighted by atomic mass is 10.3. The minimum Gasteiger partial charge on any atom is -0.399 e. The minimum absolute atomic E-state index is 0.800. The van der Waals surface area contributed by atoms with Crippen molar-refractivity contribution < 1.29 is 0 Å². The Morgan fingerprint density at radius 1 is 1.20 bits per heavy atom. The molecule has 0 spiro atoms. The summed E-state index contributed by atoms with van der Waals surface area (Å²) in [5, 5.41) is 2.23. The Morgan fingerprint density at radius 3 is 2.60 bits per heavy atom. The van der Waals surface area contributed by atoms with E-state index in [2.05, 4.69) is 22.4 Å². The van der Waals surface area contributed by atoms with Crippen molar-refractivity contribution in [1.29, 1.82) is 0 Å². The normalized spacial score (nSPS) is 19.0. The average Bonchev–Trinajstić information content (AvgIpc) is 2.22. The Kier molecular flexibility index (Phi) is 3.08. The molecule has 1 saturated heterocycles. The molecule has 1 heterocycles. The van der Waals surface area contributed by atoms with Crippen molar-refractivity contribution in [2.24, 2.45) is 0 Å². The van der Waals surface area contributed by atoms with Gasteiger partial charge in [0.1, 0.15) is 0 Å². The van der Waals surface area contributed by atoms with Crippen molar-refractivity contribution in [3.05, 3.63) is 24.3 Å². The van der Waals surface area contributed by atoms with Crippen LogP contribution in [0.25, 0.3) is 0 Å². The number of likely N-dealkylation sites (N-methyl/N-ethyl adjacent to an activating group) is 1. The summed E-state index contributed by atoms with van der Waals surface area (Å²) in [4.78, 5) is 2.33. The number of hydrogen-bond donors (Lipinski definition) is 2. The molecule has 4 heteroatoms. The Morgan fingerprint density at radius 2 is 1.93 bits per heavy atom. The van der Waals surface area contributed by atoms with E-state index in [1.54, 1.807) is 0 Å². The van der Waals surface area contributed by atoms with E-state index in [0.29, 0.717) is 0 Å². The van der Waals surface area contributed by atoms with Gasteiger partial charge < -0.3 is 16.1 Å².